The summed E-state index contributed by atoms with van der Waals surface area (Å²) in [6.45, 7) is 7.75. The first-order valence-corrected chi connectivity index (χ1v) is 13.2. The number of rotatable bonds is 9. The molecule has 184 valence electrons. The smallest absolute Gasteiger partial charge is 0.154 e. The van der Waals surface area contributed by atoms with Crippen molar-refractivity contribution in [2.75, 3.05) is 0 Å². The van der Waals surface area contributed by atoms with Crippen molar-refractivity contribution in [2.24, 2.45) is 5.14 Å². The highest BCUT2D eigenvalue weighted by atomic mass is 32.2. The van der Waals surface area contributed by atoms with Crippen molar-refractivity contribution < 1.29 is 9.32 Å². The van der Waals surface area contributed by atoms with Crippen LogP contribution < -0.4 is 5.14 Å². The van der Waals surface area contributed by atoms with E-state index < -0.39 is 21.8 Å². The Kier molecular flexibility index (Phi) is 7.44. The Labute approximate surface area is 209 Å². The van der Waals surface area contributed by atoms with E-state index in [-0.39, 0.29) is 5.92 Å². The fourth-order valence-electron chi connectivity index (χ4n) is 4.37. The van der Waals surface area contributed by atoms with Crippen molar-refractivity contribution in [3.63, 3.8) is 0 Å². The molecule has 3 N–H and O–H groups in total. The van der Waals surface area contributed by atoms with E-state index in [1.165, 1.54) is 0 Å². The number of nitrogens with zero attached hydrogens (tertiary/aromatic N) is 4. The molecule has 0 aliphatic heterocycles. The fraction of sp³-hybridized carbons (Fsp3) is 0.370. The van der Waals surface area contributed by atoms with Gasteiger partial charge in [0.25, 0.3) is 0 Å². The Morgan fingerprint density at radius 2 is 1.83 bits per heavy atom. The molecular weight excluding hydrogens is 458 g/mol. The van der Waals surface area contributed by atoms with Gasteiger partial charge in [-0.25, -0.2) is 13.9 Å². The molecule has 0 spiro atoms. The van der Waals surface area contributed by atoms with E-state index in [4.69, 9.17) is 10.1 Å². The first kappa shape index (κ1) is 25.2. The van der Waals surface area contributed by atoms with Crippen LogP contribution in [0.1, 0.15) is 70.4 Å². The van der Waals surface area contributed by atoms with Gasteiger partial charge in [0, 0.05) is 22.6 Å². The van der Waals surface area contributed by atoms with Gasteiger partial charge in [0.2, 0.25) is 0 Å². The van der Waals surface area contributed by atoms with Gasteiger partial charge in [0.1, 0.15) is 0 Å². The molecule has 3 atom stereocenters. The van der Waals surface area contributed by atoms with Crippen molar-refractivity contribution in [3.8, 4) is 17.1 Å². The van der Waals surface area contributed by atoms with Crippen LogP contribution in [0.5, 0.6) is 0 Å². The lowest BCUT2D eigenvalue weighted by Crippen LogP contribution is -2.33. The molecule has 0 amide bonds. The van der Waals surface area contributed by atoms with Gasteiger partial charge in [0.05, 0.1) is 44.9 Å². The van der Waals surface area contributed by atoms with Crippen molar-refractivity contribution in [1.29, 1.82) is 0 Å². The summed E-state index contributed by atoms with van der Waals surface area (Å²) in [6.07, 6.45) is 3.82. The molecule has 3 aromatic heterocycles. The highest BCUT2D eigenvalue weighted by Crippen LogP contribution is 2.33. The second kappa shape index (κ2) is 10.4. The average molecular weight is 492 g/mol. The maximum absolute atomic E-state index is 12.1. The molecular formula is C27H33N5O2S. The highest BCUT2D eigenvalue weighted by molar-refractivity contribution is 7.84. The van der Waals surface area contributed by atoms with Gasteiger partial charge >= 0.3 is 0 Å². The van der Waals surface area contributed by atoms with E-state index in [2.05, 4.69) is 23.1 Å². The first-order valence-electron chi connectivity index (χ1n) is 12.0. The van der Waals surface area contributed by atoms with Gasteiger partial charge in [-0.05, 0) is 63.9 Å². The third-order valence-corrected chi connectivity index (χ3v) is 7.63. The Morgan fingerprint density at radius 1 is 1.09 bits per heavy atom. The molecule has 0 bridgehead atoms. The largest absolute Gasteiger partial charge is 0.387 e. The third-order valence-electron chi connectivity index (χ3n) is 6.38. The zero-order chi connectivity index (χ0) is 25.2. The number of aliphatic hydroxyl groups is 1. The number of hydrogen-bond donors (Lipinski definition) is 2. The van der Waals surface area contributed by atoms with E-state index in [0.717, 1.165) is 40.7 Å². The number of hydrogen-bond acceptors (Lipinski definition) is 5. The molecule has 0 saturated carbocycles. The monoisotopic (exact) mass is 491 g/mol. The molecule has 0 saturated heterocycles. The number of fused-ring (bicyclic) bond motifs is 1. The Morgan fingerprint density at radius 3 is 2.54 bits per heavy atom. The summed E-state index contributed by atoms with van der Waals surface area (Å²) in [7, 11) is -1.41. The predicted octanol–water partition coefficient (Wildman–Crippen LogP) is 5.21. The van der Waals surface area contributed by atoms with Crippen molar-refractivity contribution in [1.82, 2.24) is 19.7 Å². The maximum Gasteiger partial charge on any atom is 0.154 e. The summed E-state index contributed by atoms with van der Waals surface area (Å²) in [5, 5.41) is 21.2. The maximum atomic E-state index is 12.1. The summed E-state index contributed by atoms with van der Waals surface area (Å²) >= 11 is 0. The lowest BCUT2D eigenvalue weighted by Gasteiger charge is -2.27. The summed E-state index contributed by atoms with van der Waals surface area (Å²) in [5.74, 6) is 0.821. The van der Waals surface area contributed by atoms with E-state index in [0.29, 0.717) is 17.9 Å². The molecule has 3 heterocycles. The summed E-state index contributed by atoms with van der Waals surface area (Å²) in [6, 6.07) is 17.8. The average Bonchev–Trinajstić information content (AvgIpc) is 3.27. The molecule has 2 unspecified atom stereocenters. The fourth-order valence-corrected chi connectivity index (χ4v) is 4.73. The molecule has 7 nitrogen and oxygen atoms in total. The van der Waals surface area contributed by atoms with Gasteiger partial charge in [-0.2, -0.15) is 5.10 Å². The number of nitrogens with two attached hydrogens (primary N) is 1. The molecule has 4 rings (SSSR count). The minimum atomic E-state index is -1.41. The van der Waals surface area contributed by atoms with Crippen LogP contribution in [0.2, 0.25) is 0 Å². The van der Waals surface area contributed by atoms with Crippen molar-refractivity contribution in [2.45, 2.75) is 63.7 Å². The molecule has 0 aliphatic carbocycles. The minimum Gasteiger partial charge on any atom is -0.387 e. The Bertz CT molecular complexity index is 1350. The number of aromatic nitrogens is 4. The van der Waals surface area contributed by atoms with Crippen molar-refractivity contribution in [3.05, 3.63) is 72.2 Å². The minimum absolute atomic E-state index is 0.170. The Hall–Kier alpha value is -2.94. The first-order chi connectivity index (χ1) is 16.7. The van der Waals surface area contributed by atoms with E-state index in [1.54, 1.807) is 17.7 Å². The number of pyridine rings is 2. The summed E-state index contributed by atoms with van der Waals surface area (Å²) in [4.78, 5) is 9.59. The van der Waals surface area contributed by atoms with Crippen molar-refractivity contribution >= 4 is 21.9 Å². The number of aliphatic hydroxyl groups excluding tert-OH is 1. The topological polar surface area (TPSA) is 107 Å². The second-order valence-corrected chi connectivity index (χ2v) is 11.3. The quantitative estimate of drug-likeness (QED) is 0.334. The second-order valence-electron chi connectivity index (χ2n) is 9.62. The SMILES string of the molecule is CCC[C@@H](CC(C)(C)S(N)=O)c1cccc(-c2ccc3cnn(-c4cccc(C(C)O)n4)c3c2)n1. The van der Waals surface area contributed by atoms with Crippen LogP contribution in [-0.2, 0) is 11.0 Å². The molecule has 0 radical (unpaired) electrons. The molecule has 8 heteroatoms. The predicted molar refractivity (Wildman–Crippen MR) is 141 cm³/mol. The standard InChI is InChI=1S/C27H33N5O2S/c1-5-8-20(16-27(3,4)35(28)34)24-11-6-10-23(30-24)19-13-14-21-17-29-32(25(21)15-19)26-12-7-9-22(31-26)18(2)33/h6-7,9-15,17-18,20,33H,5,8,16,28H2,1-4H3/t18?,20-,35?/m0/s1. The van der Waals surface area contributed by atoms with Crippen LogP contribution in [0.25, 0.3) is 28.0 Å². The van der Waals surface area contributed by atoms with Crippen LogP contribution in [0, 0.1) is 0 Å². The van der Waals surface area contributed by atoms with E-state index >= 15 is 0 Å². The van der Waals surface area contributed by atoms with Crippen LogP contribution >= 0.6 is 0 Å². The van der Waals surface area contributed by atoms with Gasteiger partial charge in [-0.1, -0.05) is 37.6 Å². The molecule has 35 heavy (non-hydrogen) atoms. The third kappa shape index (κ3) is 5.50. The van der Waals surface area contributed by atoms with E-state index in [9.17, 15) is 9.32 Å². The summed E-state index contributed by atoms with van der Waals surface area (Å²) < 4.78 is 13.4. The van der Waals surface area contributed by atoms with Crippen LogP contribution in [-0.4, -0.2) is 33.8 Å². The van der Waals surface area contributed by atoms with Crippen LogP contribution in [0.4, 0.5) is 0 Å². The Balaban J connectivity index is 1.72. The van der Waals surface area contributed by atoms with Gasteiger partial charge < -0.3 is 5.11 Å². The lowest BCUT2D eigenvalue weighted by atomic mass is 9.89. The van der Waals surface area contributed by atoms with Crippen LogP contribution in [0.15, 0.2) is 60.8 Å². The van der Waals surface area contributed by atoms with E-state index in [1.807, 2.05) is 62.5 Å². The van der Waals surface area contributed by atoms with Gasteiger partial charge in [-0.15, -0.1) is 0 Å². The normalized spacial score (nSPS) is 14.7. The lowest BCUT2D eigenvalue weighted by molar-refractivity contribution is 0.194. The van der Waals surface area contributed by atoms with Gasteiger partial charge in [0.15, 0.2) is 5.82 Å². The van der Waals surface area contributed by atoms with Gasteiger partial charge in [-0.3, -0.25) is 10.1 Å². The number of benzene rings is 1. The zero-order valence-corrected chi connectivity index (χ0v) is 21.5. The zero-order valence-electron chi connectivity index (χ0n) is 20.7. The molecule has 1 aromatic carbocycles. The molecule has 0 fully saturated rings. The molecule has 4 aromatic rings. The van der Waals surface area contributed by atoms with Crippen LogP contribution in [0.3, 0.4) is 0 Å². The molecule has 0 aliphatic rings. The highest BCUT2D eigenvalue weighted by Gasteiger charge is 2.29. The summed E-state index contributed by atoms with van der Waals surface area (Å²) in [5.41, 5.74) is 4.35.